The lowest BCUT2D eigenvalue weighted by atomic mass is 10.2. The molecule has 0 spiro atoms. The number of nitrogens with zero attached hydrogens (tertiary/aromatic N) is 6. The molecule has 0 bridgehead atoms. The summed E-state index contributed by atoms with van der Waals surface area (Å²) in [6, 6.07) is 14.4. The van der Waals surface area contributed by atoms with Gasteiger partial charge >= 0.3 is 10.1 Å². The SMILES string of the molecule is Nc1ccncn1.O=S(=O)(Cc1ccncn1)c1ccc2c(Cl)nccc2c1.O=S(=O)(Oc1c(F)c(F)c(F)c(F)c1F)c1ccc2c(Cl)nccc2c1. The van der Waals surface area contributed by atoms with Gasteiger partial charge in [-0.3, -0.25) is 0 Å². The number of fused-ring (bicyclic) bond motifs is 2. The minimum atomic E-state index is -4.91. The molecule has 0 saturated carbocycles. The Balaban J connectivity index is 0.000000178. The van der Waals surface area contributed by atoms with E-state index in [1.165, 1.54) is 43.2 Å². The van der Waals surface area contributed by atoms with E-state index in [4.69, 9.17) is 28.9 Å². The molecule has 0 aliphatic rings. The highest BCUT2D eigenvalue weighted by atomic mass is 35.5. The van der Waals surface area contributed by atoms with E-state index < -0.39 is 59.7 Å². The zero-order valence-electron chi connectivity index (χ0n) is 26.7. The first-order valence-corrected chi connectivity index (χ1v) is 18.4. The number of rotatable bonds is 6. The lowest BCUT2D eigenvalue weighted by Crippen LogP contribution is -2.14. The average Bonchev–Trinajstić information content (AvgIpc) is 3.16. The number of sulfone groups is 1. The second kappa shape index (κ2) is 16.6. The number of nitrogens with two attached hydrogens (primary N) is 1. The zero-order valence-corrected chi connectivity index (χ0v) is 29.9. The Morgan fingerprint density at radius 1 is 0.593 bits per heavy atom. The van der Waals surface area contributed by atoms with Crippen LogP contribution in [0.1, 0.15) is 5.69 Å². The van der Waals surface area contributed by atoms with E-state index in [1.807, 2.05) is 0 Å². The van der Waals surface area contributed by atoms with Crippen LogP contribution in [0.5, 0.6) is 5.75 Å². The van der Waals surface area contributed by atoms with Gasteiger partial charge < -0.3 is 9.92 Å². The summed E-state index contributed by atoms with van der Waals surface area (Å²) >= 11 is 11.8. The van der Waals surface area contributed by atoms with Crippen LogP contribution in [0.25, 0.3) is 21.5 Å². The molecule has 0 amide bonds. The smallest absolute Gasteiger partial charge is 0.339 e. The topological polar surface area (TPSA) is 181 Å². The van der Waals surface area contributed by atoms with Gasteiger partial charge in [0.1, 0.15) is 33.7 Å². The largest absolute Gasteiger partial charge is 0.384 e. The molecule has 278 valence electrons. The number of hydrogen-bond acceptors (Lipinski definition) is 12. The molecule has 0 saturated heterocycles. The molecule has 7 aromatic rings. The molecule has 0 unspecified atom stereocenters. The number of halogens is 7. The van der Waals surface area contributed by atoms with E-state index in [9.17, 15) is 38.8 Å². The Morgan fingerprint density at radius 2 is 1.09 bits per heavy atom. The lowest BCUT2D eigenvalue weighted by molar-refractivity contribution is 0.346. The summed E-state index contributed by atoms with van der Waals surface area (Å²) in [6.07, 6.45) is 8.69. The maximum atomic E-state index is 13.6. The van der Waals surface area contributed by atoms with Crippen molar-refractivity contribution in [1.82, 2.24) is 29.9 Å². The Hall–Kier alpha value is -5.63. The molecule has 0 aliphatic carbocycles. The van der Waals surface area contributed by atoms with Gasteiger partial charge in [0.2, 0.25) is 34.8 Å². The quantitative estimate of drug-likeness (QED) is 0.0594. The van der Waals surface area contributed by atoms with E-state index >= 15 is 0 Å². The number of anilines is 1. The second-order valence-corrected chi connectivity index (χ2v) is 14.8. The van der Waals surface area contributed by atoms with Crippen LogP contribution < -0.4 is 9.92 Å². The minimum Gasteiger partial charge on any atom is -0.384 e. The predicted molar refractivity (Wildman–Crippen MR) is 187 cm³/mol. The van der Waals surface area contributed by atoms with Gasteiger partial charge in [-0.25, -0.2) is 51.5 Å². The average molecular weight is 825 g/mol. The molecule has 4 heterocycles. The van der Waals surface area contributed by atoms with Crippen molar-refractivity contribution in [3.63, 3.8) is 0 Å². The standard InChI is InChI=1S/C15H5ClF5NO3S.C14H10ClN3O2S.C4H5N3/c16-15-8-2-1-7(5-6(8)3-4-22-15)26(23,24)25-14-12(20)10(18)9(17)11(19)13(14)21;15-14-13-2-1-12(7-10(13)3-6-17-14)21(19,20)8-11-4-5-16-9-18-11;5-4-1-2-6-3-7-4/h1-5H;1-7,9H,8H2;1-3H,(H2,5,6,7). The van der Waals surface area contributed by atoms with Crippen molar-refractivity contribution in [2.24, 2.45) is 0 Å². The van der Waals surface area contributed by atoms with Crippen molar-refractivity contribution in [1.29, 1.82) is 0 Å². The van der Waals surface area contributed by atoms with Crippen LogP contribution in [-0.4, -0.2) is 46.7 Å². The van der Waals surface area contributed by atoms with Crippen LogP contribution in [0.4, 0.5) is 27.8 Å². The van der Waals surface area contributed by atoms with Gasteiger partial charge in [0.15, 0.2) is 9.84 Å². The molecule has 2 N–H and O–H groups in total. The molecule has 3 aromatic carbocycles. The fraction of sp³-hybridized carbons (Fsp3) is 0.0303. The third-order valence-electron chi connectivity index (χ3n) is 6.97. The van der Waals surface area contributed by atoms with Crippen molar-refractivity contribution in [3.8, 4) is 5.75 Å². The second-order valence-electron chi connectivity index (χ2n) is 10.5. The maximum absolute atomic E-state index is 13.6. The van der Waals surface area contributed by atoms with Crippen molar-refractivity contribution < 1.29 is 43.0 Å². The van der Waals surface area contributed by atoms with Gasteiger partial charge in [0.05, 0.1) is 16.3 Å². The normalized spacial score (nSPS) is 11.3. The Kier molecular flexibility index (Phi) is 12.2. The fourth-order valence-electron chi connectivity index (χ4n) is 4.39. The van der Waals surface area contributed by atoms with Gasteiger partial charge in [0, 0.05) is 35.6 Å². The number of nitrogen functional groups attached to an aromatic ring is 1. The molecular formula is C33H20Cl2F5N7O5S2. The van der Waals surface area contributed by atoms with E-state index in [-0.39, 0.29) is 15.8 Å². The fourth-order valence-corrected chi connectivity index (χ4v) is 7.12. The van der Waals surface area contributed by atoms with Gasteiger partial charge in [-0.1, -0.05) is 23.2 Å². The maximum Gasteiger partial charge on any atom is 0.339 e. The number of pyridine rings is 2. The highest BCUT2D eigenvalue weighted by Gasteiger charge is 2.31. The molecule has 54 heavy (non-hydrogen) atoms. The summed E-state index contributed by atoms with van der Waals surface area (Å²) in [6.45, 7) is 0. The third-order valence-corrected chi connectivity index (χ3v) is 10.4. The Labute approximate surface area is 312 Å². The van der Waals surface area contributed by atoms with Crippen molar-refractivity contribution in [2.75, 3.05) is 5.73 Å². The summed E-state index contributed by atoms with van der Waals surface area (Å²) in [5.74, 6) is -13.5. The minimum absolute atomic E-state index is 0.0760. The van der Waals surface area contributed by atoms with Gasteiger partial charge in [-0.05, 0) is 71.4 Å². The van der Waals surface area contributed by atoms with Crippen LogP contribution in [0.2, 0.25) is 10.3 Å². The van der Waals surface area contributed by atoms with E-state index in [0.29, 0.717) is 27.4 Å². The van der Waals surface area contributed by atoms with Crippen LogP contribution in [0.3, 0.4) is 0 Å². The van der Waals surface area contributed by atoms with Crippen molar-refractivity contribution in [2.45, 2.75) is 15.5 Å². The van der Waals surface area contributed by atoms with E-state index in [1.54, 1.807) is 42.7 Å². The van der Waals surface area contributed by atoms with Gasteiger partial charge in [-0.2, -0.15) is 17.2 Å². The third kappa shape index (κ3) is 9.11. The Morgan fingerprint density at radius 3 is 1.57 bits per heavy atom. The summed E-state index contributed by atoms with van der Waals surface area (Å²) in [5.41, 5.74) is 5.66. The van der Waals surface area contributed by atoms with Crippen LogP contribution in [-0.2, 0) is 25.7 Å². The molecular weight excluding hydrogens is 804 g/mol. The molecule has 0 aliphatic heterocycles. The molecule has 0 radical (unpaired) electrons. The number of aromatic nitrogens is 6. The summed E-state index contributed by atoms with van der Waals surface area (Å²) < 4.78 is 120. The molecule has 0 fully saturated rings. The van der Waals surface area contributed by atoms with Gasteiger partial charge in [-0.15, -0.1) is 0 Å². The van der Waals surface area contributed by atoms with Crippen LogP contribution >= 0.6 is 23.2 Å². The first-order valence-electron chi connectivity index (χ1n) is 14.6. The van der Waals surface area contributed by atoms with E-state index in [2.05, 4.69) is 34.1 Å². The van der Waals surface area contributed by atoms with Gasteiger partial charge in [0.25, 0.3) is 0 Å². The highest BCUT2D eigenvalue weighted by Crippen LogP contribution is 2.32. The molecule has 21 heteroatoms. The number of hydrogen-bond donors (Lipinski definition) is 1. The Bertz CT molecular complexity index is 2680. The predicted octanol–water partition coefficient (Wildman–Crippen LogP) is 7.06. The summed E-state index contributed by atoms with van der Waals surface area (Å²) in [5, 5.41) is 2.56. The number of benzene rings is 3. The summed E-state index contributed by atoms with van der Waals surface area (Å²) in [7, 11) is -8.38. The molecule has 0 atom stereocenters. The van der Waals surface area contributed by atoms with Crippen LogP contribution in [0.15, 0.2) is 108 Å². The molecule has 4 aromatic heterocycles. The van der Waals surface area contributed by atoms with Crippen molar-refractivity contribution >= 4 is 70.5 Å². The molecule has 12 nitrogen and oxygen atoms in total. The van der Waals surface area contributed by atoms with Crippen LogP contribution in [0, 0.1) is 29.1 Å². The first-order chi connectivity index (χ1) is 25.6. The highest BCUT2D eigenvalue weighted by molar-refractivity contribution is 7.90. The van der Waals surface area contributed by atoms with Crippen molar-refractivity contribution in [3.05, 3.63) is 143 Å². The zero-order chi connectivity index (χ0) is 39.2. The monoisotopic (exact) mass is 823 g/mol. The lowest BCUT2D eigenvalue weighted by Gasteiger charge is -2.11. The first kappa shape index (κ1) is 39.6. The molecule has 7 rings (SSSR count). The summed E-state index contributed by atoms with van der Waals surface area (Å²) in [4.78, 5) is 22.4. The van der Waals surface area contributed by atoms with E-state index in [0.717, 1.165) is 22.9 Å².